The third-order valence-corrected chi connectivity index (χ3v) is 6.67. The van der Waals surface area contributed by atoms with Crippen molar-refractivity contribution in [3.05, 3.63) is 71.4 Å². The Bertz CT molecular complexity index is 1480. The Labute approximate surface area is 201 Å². The fourth-order valence-electron chi connectivity index (χ4n) is 4.65. The highest BCUT2D eigenvalue weighted by molar-refractivity contribution is 6.30. The van der Waals surface area contributed by atoms with Crippen molar-refractivity contribution in [2.45, 2.75) is 19.5 Å². The Morgan fingerprint density at radius 3 is 2.79 bits per heavy atom. The first-order chi connectivity index (χ1) is 16.6. The average molecular weight is 475 g/mol. The molecule has 0 saturated carbocycles. The van der Waals surface area contributed by atoms with Crippen molar-refractivity contribution >= 4 is 34.1 Å². The first-order valence-electron chi connectivity index (χ1n) is 11.2. The summed E-state index contributed by atoms with van der Waals surface area (Å²) in [7, 11) is 0. The molecule has 5 aromatic rings. The second-order valence-electron chi connectivity index (χ2n) is 8.63. The average Bonchev–Trinajstić information content (AvgIpc) is 3.52. The number of phenols is 1. The van der Waals surface area contributed by atoms with Gasteiger partial charge in [-0.2, -0.15) is 0 Å². The maximum Gasteiger partial charge on any atom is 0.213 e. The van der Waals surface area contributed by atoms with Gasteiger partial charge in [0.1, 0.15) is 5.75 Å². The van der Waals surface area contributed by atoms with Gasteiger partial charge in [0.2, 0.25) is 11.8 Å². The van der Waals surface area contributed by atoms with Crippen molar-refractivity contribution in [3.8, 4) is 17.3 Å². The van der Waals surface area contributed by atoms with E-state index in [2.05, 4.69) is 26.9 Å². The van der Waals surface area contributed by atoms with E-state index < -0.39 is 0 Å². The third kappa shape index (κ3) is 3.55. The lowest BCUT2D eigenvalue weighted by Gasteiger charge is -2.40. The number of halogens is 1. The molecule has 1 atom stereocenters. The third-order valence-electron chi connectivity index (χ3n) is 6.43. The van der Waals surface area contributed by atoms with Crippen molar-refractivity contribution in [2.75, 3.05) is 24.5 Å². The van der Waals surface area contributed by atoms with Gasteiger partial charge in [0.25, 0.3) is 0 Å². The van der Waals surface area contributed by atoms with Crippen LogP contribution in [-0.4, -0.2) is 55.3 Å². The lowest BCUT2D eigenvalue weighted by Crippen LogP contribution is -2.52. The van der Waals surface area contributed by atoms with Gasteiger partial charge in [0, 0.05) is 48.2 Å². The molecule has 1 aliphatic heterocycles. The van der Waals surface area contributed by atoms with E-state index in [0.717, 1.165) is 47.7 Å². The number of nitrogens with zero attached hydrogens (tertiary/aromatic N) is 6. The number of rotatable bonds is 4. The van der Waals surface area contributed by atoms with E-state index in [4.69, 9.17) is 21.0 Å². The van der Waals surface area contributed by atoms with Gasteiger partial charge in [-0.05, 0) is 49.4 Å². The molecule has 0 radical (unpaired) electrons. The molecule has 1 fully saturated rings. The van der Waals surface area contributed by atoms with Gasteiger partial charge in [0.15, 0.2) is 11.4 Å². The van der Waals surface area contributed by atoms with Gasteiger partial charge >= 0.3 is 0 Å². The molecular formula is C25H23ClN6O2. The van der Waals surface area contributed by atoms with E-state index in [-0.39, 0.29) is 11.8 Å². The number of furan rings is 1. The molecule has 0 amide bonds. The first kappa shape index (κ1) is 20.9. The van der Waals surface area contributed by atoms with E-state index in [1.54, 1.807) is 18.4 Å². The lowest BCUT2D eigenvalue weighted by atomic mass is 10.1. The smallest absolute Gasteiger partial charge is 0.213 e. The van der Waals surface area contributed by atoms with Crippen molar-refractivity contribution in [1.82, 2.24) is 24.5 Å². The summed E-state index contributed by atoms with van der Waals surface area (Å²) in [6, 6.07) is 17.1. The molecule has 1 N–H and O–H groups in total. The second-order valence-corrected chi connectivity index (χ2v) is 9.06. The zero-order valence-corrected chi connectivity index (χ0v) is 19.4. The zero-order chi connectivity index (χ0) is 23.2. The predicted octanol–water partition coefficient (Wildman–Crippen LogP) is 4.61. The summed E-state index contributed by atoms with van der Waals surface area (Å²) in [4.78, 5) is 9.65. The summed E-state index contributed by atoms with van der Waals surface area (Å²) in [5.41, 5.74) is 2.46. The van der Waals surface area contributed by atoms with Crippen molar-refractivity contribution < 1.29 is 9.52 Å². The van der Waals surface area contributed by atoms with Crippen LogP contribution >= 0.6 is 11.6 Å². The molecule has 0 bridgehead atoms. The van der Waals surface area contributed by atoms with Crippen LogP contribution in [0.15, 0.2) is 65.3 Å². The minimum absolute atomic E-state index is 0.221. The molecular weight excluding hydrogens is 452 g/mol. The molecule has 0 aliphatic carbocycles. The Kier molecular flexibility index (Phi) is 5.12. The van der Waals surface area contributed by atoms with Gasteiger partial charge in [0.05, 0.1) is 11.8 Å². The van der Waals surface area contributed by atoms with Crippen LogP contribution in [0.2, 0.25) is 5.02 Å². The predicted molar refractivity (Wildman–Crippen MR) is 131 cm³/mol. The number of phenolic OH excluding ortho intramolecular Hbond substituents is 1. The topological polar surface area (TPSA) is 82.9 Å². The van der Waals surface area contributed by atoms with Crippen LogP contribution in [0.3, 0.4) is 0 Å². The number of anilines is 1. The van der Waals surface area contributed by atoms with Crippen LogP contribution in [0.5, 0.6) is 5.75 Å². The Hall–Kier alpha value is -3.62. The molecule has 1 aliphatic rings. The van der Waals surface area contributed by atoms with Gasteiger partial charge in [-0.25, -0.2) is 9.38 Å². The second kappa shape index (κ2) is 8.30. The van der Waals surface area contributed by atoms with Gasteiger partial charge in [-0.15, -0.1) is 10.2 Å². The number of fused-ring (bicyclic) bond motifs is 3. The molecule has 1 saturated heterocycles. The molecule has 2 aromatic carbocycles. The largest absolute Gasteiger partial charge is 0.508 e. The van der Waals surface area contributed by atoms with Crippen LogP contribution < -0.4 is 4.90 Å². The SMILES string of the molecule is C[C@H]1CN(c2nc3ccccc3c3nnc(-c4ccco4)n23)CCN1Cc1cc(Cl)ccc1O. The minimum Gasteiger partial charge on any atom is -0.508 e. The summed E-state index contributed by atoms with van der Waals surface area (Å²) in [6.07, 6.45) is 1.64. The van der Waals surface area contributed by atoms with Crippen LogP contribution in [0, 0.1) is 0 Å². The number of aromatic nitrogens is 4. The highest BCUT2D eigenvalue weighted by Crippen LogP contribution is 2.30. The summed E-state index contributed by atoms with van der Waals surface area (Å²) < 4.78 is 7.65. The first-order valence-corrected chi connectivity index (χ1v) is 11.6. The van der Waals surface area contributed by atoms with Crippen LogP contribution in [0.4, 0.5) is 5.95 Å². The molecule has 0 unspecified atom stereocenters. The van der Waals surface area contributed by atoms with Crippen LogP contribution in [-0.2, 0) is 6.54 Å². The number of hydrogen-bond acceptors (Lipinski definition) is 7. The van der Waals surface area contributed by atoms with Crippen LogP contribution in [0.25, 0.3) is 28.1 Å². The molecule has 8 nitrogen and oxygen atoms in total. The standard InChI is InChI=1S/C25H23ClN6O2/c1-16-14-31(11-10-30(16)15-17-13-18(26)8-9-21(17)33)25-27-20-6-3-2-5-19(20)23-28-29-24(32(23)25)22-7-4-12-34-22/h2-9,12-13,16,33H,10-11,14-15H2,1H3/t16-/m0/s1. The Morgan fingerprint density at radius 1 is 1.09 bits per heavy atom. The van der Waals surface area contributed by atoms with E-state index in [1.807, 2.05) is 46.9 Å². The molecule has 172 valence electrons. The monoisotopic (exact) mass is 474 g/mol. The normalized spacial score (nSPS) is 17.1. The summed E-state index contributed by atoms with van der Waals surface area (Å²) in [5.74, 6) is 2.34. The molecule has 9 heteroatoms. The van der Waals surface area contributed by atoms with Crippen molar-refractivity contribution in [3.63, 3.8) is 0 Å². The highest BCUT2D eigenvalue weighted by atomic mass is 35.5. The number of aromatic hydroxyl groups is 1. The minimum atomic E-state index is 0.221. The van der Waals surface area contributed by atoms with Gasteiger partial charge in [-0.1, -0.05) is 23.7 Å². The van der Waals surface area contributed by atoms with Gasteiger partial charge < -0.3 is 14.4 Å². The maximum atomic E-state index is 10.3. The summed E-state index contributed by atoms with van der Waals surface area (Å²) in [6.45, 7) is 5.15. The summed E-state index contributed by atoms with van der Waals surface area (Å²) >= 11 is 6.16. The number of piperazine rings is 1. The molecule has 4 heterocycles. The fourth-order valence-corrected chi connectivity index (χ4v) is 4.85. The molecule has 3 aromatic heterocycles. The van der Waals surface area contributed by atoms with E-state index in [9.17, 15) is 5.11 Å². The number of para-hydroxylation sites is 1. The van der Waals surface area contributed by atoms with Gasteiger partial charge in [-0.3, -0.25) is 4.90 Å². The fraction of sp³-hybridized carbons (Fsp3) is 0.240. The van der Waals surface area contributed by atoms with E-state index >= 15 is 0 Å². The van der Waals surface area contributed by atoms with Crippen LogP contribution in [0.1, 0.15) is 12.5 Å². The number of hydrogen-bond donors (Lipinski definition) is 1. The van der Waals surface area contributed by atoms with E-state index in [0.29, 0.717) is 23.2 Å². The Morgan fingerprint density at radius 2 is 1.97 bits per heavy atom. The maximum absolute atomic E-state index is 10.3. The molecule has 34 heavy (non-hydrogen) atoms. The lowest BCUT2D eigenvalue weighted by molar-refractivity contribution is 0.178. The Balaban J connectivity index is 1.37. The van der Waals surface area contributed by atoms with Crippen molar-refractivity contribution in [1.29, 1.82) is 0 Å². The van der Waals surface area contributed by atoms with E-state index in [1.165, 1.54) is 0 Å². The zero-order valence-electron chi connectivity index (χ0n) is 18.6. The quantitative estimate of drug-likeness (QED) is 0.407. The summed E-state index contributed by atoms with van der Waals surface area (Å²) in [5, 5.41) is 20.8. The molecule has 0 spiro atoms. The van der Waals surface area contributed by atoms with Crippen molar-refractivity contribution in [2.24, 2.45) is 0 Å². The number of benzene rings is 2. The highest BCUT2D eigenvalue weighted by Gasteiger charge is 2.28. The molecule has 6 rings (SSSR count).